The van der Waals surface area contributed by atoms with Crippen LogP contribution in [0.3, 0.4) is 0 Å². The lowest BCUT2D eigenvalue weighted by molar-refractivity contribution is -0.137. The number of aliphatic hydroxyl groups excluding tert-OH is 2. The van der Waals surface area contributed by atoms with Gasteiger partial charge in [-0.3, -0.25) is 14.2 Å². The molecule has 2 heterocycles. The molecule has 1 amide bonds. The van der Waals surface area contributed by atoms with E-state index in [2.05, 4.69) is 15.3 Å². The smallest absolute Gasteiger partial charge is 0.416 e. The van der Waals surface area contributed by atoms with Crippen LogP contribution >= 0.6 is 0 Å². The van der Waals surface area contributed by atoms with Crippen molar-refractivity contribution in [1.82, 2.24) is 14.5 Å². The van der Waals surface area contributed by atoms with Crippen molar-refractivity contribution in [2.45, 2.75) is 12.3 Å². The number of carbonyl (C=O) groups excluding carboxylic acids is 1. The van der Waals surface area contributed by atoms with Crippen LogP contribution in [0.1, 0.15) is 16.1 Å². The highest BCUT2D eigenvalue weighted by Gasteiger charge is 2.30. The van der Waals surface area contributed by atoms with E-state index in [1.807, 2.05) is 0 Å². The van der Waals surface area contributed by atoms with E-state index in [-0.39, 0.29) is 46.2 Å². The Balaban J connectivity index is 1.71. The highest BCUT2D eigenvalue weighted by molar-refractivity contribution is 6.07. The fraction of sp³-hybridized carbons (Fsp3) is 0.200. The van der Waals surface area contributed by atoms with E-state index in [9.17, 15) is 27.9 Å². The average molecular weight is 514 g/mol. The summed E-state index contributed by atoms with van der Waals surface area (Å²) in [7, 11) is 1.40. The molecular formula is C25H21F3N4O5. The zero-order chi connectivity index (χ0) is 26.7. The van der Waals surface area contributed by atoms with Crippen LogP contribution in [0.15, 0.2) is 65.5 Å². The second-order valence-electron chi connectivity index (χ2n) is 8.04. The first-order chi connectivity index (χ1) is 17.6. The number of para-hydroxylation sites is 1. The Labute approximate surface area is 207 Å². The number of alkyl halides is 3. The van der Waals surface area contributed by atoms with E-state index in [0.717, 1.165) is 16.7 Å². The van der Waals surface area contributed by atoms with Crippen molar-refractivity contribution in [2.24, 2.45) is 7.05 Å². The van der Waals surface area contributed by atoms with E-state index in [1.165, 1.54) is 55.6 Å². The number of hydrogen-bond donors (Lipinski definition) is 3. The van der Waals surface area contributed by atoms with Gasteiger partial charge in [0.1, 0.15) is 29.7 Å². The van der Waals surface area contributed by atoms with Gasteiger partial charge in [-0.1, -0.05) is 24.3 Å². The van der Waals surface area contributed by atoms with Crippen LogP contribution in [-0.4, -0.2) is 50.0 Å². The lowest BCUT2D eigenvalue weighted by Gasteiger charge is -2.14. The fourth-order valence-electron chi connectivity index (χ4n) is 3.53. The zero-order valence-electron chi connectivity index (χ0n) is 19.4. The molecule has 0 spiro atoms. The molecular weight excluding hydrogens is 493 g/mol. The minimum absolute atomic E-state index is 0.0127. The Morgan fingerprint density at radius 3 is 2.57 bits per heavy atom. The van der Waals surface area contributed by atoms with Gasteiger partial charge in [0.25, 0.3) is 11.5 Å². The number of hydrogen-bond acceptors (Lipinski definition) is 7. The third-order valence-corrected chi connectivity index (χ3v) is 5.39. The second kappa shape index (κ2) is 10.4. The van der Waals surface area contributed by atoms with E-state index in [1.54, 1.807) is 0 Å². The molecule has 0 aliphatic rings. The maximum absolute atomic E-state index is 13.2. The van der Waals surface area contributed by atoms with E-state index in [0.29, 0.717) is 0 Å². The summed E-state index contributed by atoms with van der Waals surface area (Å²) >= 11 is 0. The largest absolute Gasteiger partial charge is 0.475 e. The summed E-state index contributed by atoms with van der Waals surface area (Å²) in [5.41, 5.74) is -1.13. The molecule has 0 saturated heterocycles. The number of benzene rings is 2. The Morgan fingerprint density at radius 2 is 1.84 bits per heavy atom. The number of anilines is 1. The van der Waals surface area contributed by atoms with Crippen LogP contribution in [0.2, 0.25) is 0 Å². The Hall–Kier alpha value is -4.29. The zero-order valence-corrected chi connectivity index (χ0v) is 19.4. The molecule has 9 nitrogen and oxygen atoms in total. The van der Waals surface area contributed by atoms with Crippen molar-refractivity contribution in [2.75, 3.05) is 18.5 Å². The molecule has 12 heteroatoms. The molecule has 0 radical (unpaired) electrons. The molecule has 0 saturated carbocycles. The molecule has 1 unspecified atom stereocenters. The monoisotopic (exact) mass is 514 g/mol. The topological polar surface area (TPSA) is 127 Å². The number of rotatable bonds is 7. The fourth-order valence-corrected chi connectivity index (χ4v) is 3.53. The number of ether oxygens (including phenoxy) is 1. The summed E-state index contributed by atoms with van der Waals surface area (Å²) in [6.07, 6.45) is -5.69. The summed E-state index contributed by atoms with van der Waals surface area (Å²) in [5.74, 6) is -0.637. The number of aromatic nitrogens is 3. The quantitative estimate of drug-likeness (QED) is 0.346. The van der Waals surface area contributed by atoms with Crippen LogP contribution in [-0.2, 0) is 13.2 Å². The maximum Gasteiger partial charge on any atom is 0.416 e. The molecule has 0 aliphatic carbocycles. The summed E-state index contributed by atoms with van der Waals surface area (Å²) in [6.45, 7) is -0.736. The highest BCUT2D eigenvalue weighted by atomic mass is 19.4. The number of nitrogens with one attached hydrogen (secondary N) is 1. The van der Waals surface area contributed by atoms with Crippen LogP contribution in [0, 0.1) is 0 Å². The van der Waals surface area contributed by atoms with Crippen LogP contribution in [0.5, 0.6) is 5.88 Å². The lowest BCUT2D eigenvalue weighted by Crippen LogP contribution is -2.22. The number of nitrogens with zero attached hydrogens (tertiary/aromatic N) is 3. The van der Waals surface area contributed by atoms with Gasteiger partial charge in [-0.05, 0) is 30.3 Å². The molecule has 1 atom stereocenters. The molecule has 4 aromatic rings. The number of fused-ring (bicyclic) bond motifs is 1. The molecule has 4 rings (SSSR count). The van der Waals surface area contributed by atoms with E-state index in [4.69, 9.17) is 9.84 Å². The van der Waals surface area contributed by atoms with E-state index < -0.39 is 35.9 Å². The van der Waals surface area contributed by atoms with Gasteiger partial charge in [-0.15, -0.1) is 0 Å². The number of carbonyl (C=O) groups is 1. The van der Waals surface area contributed by atoms with Gasteiger partial charge in [0, 0.05) is 18.7 Å². The standard InChI is InChI=1S/C25H21F3N4O5/c1-32-22(14-5-2-6-15(11-14)25(26,27)28)31-21-17(24(32)36)7-3-8-18(21)30-23(35)19-9-4-10-20(29-19)37-13-16(34)12-33/h2-11,16,33-34H,12-13H2,1H3,(H,30,35). The summed E-state index contributed by atoms with van der Waals surface area (Å²) in [6, 6.07) is 13.4. The summed E-state index contributed by atoms with van der Waals surface area (Å²) in [4.78, 5) is 34.4. The third kappa shape index (κ3) is 5.60. The number of halogens is 3. The van der Waals surface area contributed by atoms with Gasteiger partial charge in [0.2, 0.25) is 5.88 Å². The van der Waals surface area contributed by atoms with Crippen molar-refractivity contribution in [1.29, 1.82) is 0 Å². The predicted molar refractivity (Wildman–Crippen MR) is 128 cm³/mol. The van der Waals surface area contributed by atoms with Gasteiger partial charge < -0.3 is 20.3 Å². The highest BCUT2D eigenvalue weighted by Crippen LogP contribution is 2.32. The van der Waals surface area contributed by atoms with Crippen molar-refractivity contribution >= 4 is 22.5 Å². The lowest BCUT2D eigenvalue weighted by atomic mass is 10.1. The van der Waals surface area contributed by atoms with Gasteiger partial charge in [-0.25, -0.2) is 9.97 Å². The van der Waals surface area contributed by atoms with Gasteiger partial charge in [-0.2, -0.15) is 13.2 Å². The number of amides is 1. The van der Waals surface area contributed by atoms with Gasteiger partial charge in [0.15, 0.2) is 0 Å². The SMILES string of the molecule is Cn1c(-c2cccc(C(F)(F)F)c2)nc2c(NC(=O)c3cccc(OCC(O)CO)n3)cccc2c1=O. The minimum Gasteiger partial charge on any atom is -0.475 e. The summed E-state index contributed by atoms with van der Waals surface area (Å²) in [5, 5.41) is 21.1. The molecule has 37 heavy (non-hydrogen) atoms. The number of pyridine rings is 1. The normalized spacial score (nSPS) is 12.4. The molecule has 3 N–H and O–H groups in total. The molecule has 0 bridgehead atoms. The Kier molecular flexibility index (Phi) is 7.23. The first-order valence-corrected chi connectivity index (χ1v) is 11.0. The predicted octanol–water partition coefficient (Wildman–Crippen LogP) is 3.00. The van der Waals surface area contributed by atoms with Crippen LogP contribution < -0.4 is 15.6 Å². The van der Waals surface area contributed by atoms with Gasteiger partial charge >= 0.3 is 6.18 Å². The average Bonchev–Trinajstić information content (AvgIpc) is 2.89. The van der Waals surface area contributed by atoms with Crippen LogP contribution in [0.4, 0.5) is 18.9 Å². The van der Waals surface area contributed by atoms with Crippen molar-refractivity contribution in [3.63, 3.8) is 0 Å². The van der Waals surface area contributed by atoms with Crippen molar-refractivity contribution in [3.8, 4) is 17.3 Å². The molecule has 2 aromatic carbocycles. The first-order valence-electron chi connectivity index (χ1n) is 11.0. The molecule has 0 fully saturated rings. The Morgan fingerprint density at radius 1 is 1.11 bits per heavy atom. The van der Waals surface area contributed by atoms with Crippen molar-refractivity contribution in [3.05, 3.63) is 82.3 Å². The molecule has 2 aromatic heterocycles. The van der Waals surface area contributed by atoms with Gasteiger partial charge in [0.05, 0.1) is 23.2 Å². The van der Waals surface area contributed by atoms with Crippen molar-refractivity contribution < 1.29 is 32.9 Å². The minimum atomic E-state index is -4.58. The summed E-state index contributed by atoms with van der Waals surface area (Å²) < 4.78 is 46.1. The number of aliphatic hydroxyl groups is 2. The second-order valence-corrected chi connectivity index (χ2v) is 8.04. The molecule has 192 valence electrons. The molecule has 0 aliphatic heterocycles. The van der Waals surface area contributed by atoms with Crippen LogP contribution in [0.25, 0.3) is 22.3 Å². The Bertz CT molecular complexity index is 1520. The third-order valence-electron chi connectivity index (χ3n) is 5.39. The maximum atomic E-state index is 13.2. The van der Waals surface area contributed by atoms with E-state index >= 15 is 0 Å². The first kappa shape index (κ1) is 25.8.